The molecule has 1 aromatic rings. The smallest absolute Gasteiger partial charge is 0.435 e. The lowest BCUT2D eigenvalue weighted by Crippen LogP contribution is -2.15. The zero-order valence-corrected chi connectivity index (χ0v) is 9.80. The van der Waals surface area contributed by atoms with Crippen molar-refractivity contribution >= 4 is 21.9 Å². The minimum absolute atomic E-state index is 0.0767. The van der Waals surface area contributed by atoms with Crippen molar-refractivity contribution in [1.82, 2.24) is 9.78 Å². The Morgan fingerprint density at radius 2 is 2.25 bits per heavy atom. The molecule has 0 atom stereocenters. The third kappa shape index (κ3) is 3.22. The molecule has 1 rings (SSSR count). The zero-order chi connectivity index (χ0) is 12.3. The van der Waals surface area contributed by atoms with Gasteiger partial charge in [-0.25, -0.2) is 4.68 Å². The first-order valence-electron chi connectivity index (χ1n) is 4.30. The molecule has 90 valence electrons. The number of hydrogen-bond acceptors (Lipinski definition) is 3. The number of carbonyl (C=O) groups excluding carboxylic acids is 1. The first-order valence-corrected chi connectivity index (χ1v) is 5.10. The fourth-order valence-electron chi connectivity index (χ4n) is 0.972. The highest BCUT2D eigenvalue weighted by Gasteiger charge is 2.34. The predicted octanol–water partition coefficient (Wildman–Crippen LogP) is 2.23. The van der Waals surface area contributed by atoms with Crippen molar-refractivity contribution < 1.29 is 22.7 Å². The third-order valence-corrected chi connectivity index (χ3v) is 2.24. The minimum Gasteiger partial charge on any atom is -0.465 e. The lowest BCUT2D eigenvalue weighted by atomic mass is 10.4. The number of halogens is 4. The van der Waals surface area contributed by atoms with Crippen LogP contribution in [0.15, 0.2) is 10.7 Å². The molecule has 0 saturated heterocycles. The molecule has 4 nitrogen and oxygen atoms in total. The van der Waals surface area contributed by atoms with Gasteiger partial charge in [-0.15, -0.1) is 0 Å². The summed E-state index contributed by atoms with van der Waals surface area (Å²) in [5.74, 6) is -0.639. The SMILES string of the molecule is CCOC(=O)Cn1nc(C(F)(F)F)cc1Br. The molecule has 0 amide bonds. The number of aromatic nitrogens is 2. The Balaban J connectivity index is 2.82. The van der Waals surface area contributed by atoms with Gasteiger partial charge in [-0.2, -0.15) is 18.3 Å². The van der Waals surface area contributed by atoms with Gasteiger partial charge in [0, 0.05) is 6.07 Å². The molecule has 0 aromatic carbocycles. The van der Waals surface area contributed by atoms with Gasteiger partial charge in [0.15, 0.2) is 5.69 Å². The van der Waals surface area contributed by atoms with Crippen molar-refractivity contribution in [3.8, 4) is 0 Å². The molecule has 0 spiro atoms. The van der Waals surface area contributed by atoms with Crippen molar-refractivity contribution in [3.63, 3.8) is 0 Å². The van der Waals surface area contributed by atoms with Gasteiger partial charge in [-0.05, 0) is 22.9 Å². The molecule has 0 aliphatic heterocycles. The second-order valence-corrected chi connectivity index (χ2v) is 3.63. The first kappa shape index (κ1) is 13.0. The van der Waals surface area contributed by atoms with Gasteiger partial charge in [0.25, 0.3) is 0 Å². The van der Waals surface area contributed by atoms with Gasteiger partial charge >= 0.3 is 12.1 Å². The van der Waals surface area contributed by atoms with E-state index in [4.69, 9.17) is 0 Å². The highest BCUT2D eigenvalue weighted by molar-refractivity contribution is 9.10. The van der Waals surface area contributed by atoms with E-state index >= 15 is 0 Å². The Hall–Kier alpha value is -1.05. The van der Waals surface area contributed by atoms with Crippen molar-refractivity contribution in [2.45, 2.75) is 19.6 Å². The minimum atomic E-state index is -4.53. The van der Waals surface area contributed by atoms with Crippen LogP contribution in [-0.2, 0) is 22.3 Å². The summed E-state index contributed by atoms with van der Waals surface area (Å²) >= 11 is 2.88. The van der Waals surface area contributed by atoms with Crippen molar-refractivity contribution in [3.05, 3.63) is 16.4 Å². The summed E-state index contributed by atoms with van der Waals surface area (Å²) in [7, 11) is 0. The van der Waals surface area contributed by atoms with E-state index in [-0.39, 0.29) is 17.8 Å². The van der Waals surface area contributed by atoms with Crippen LogP contribution in [-0.4, -0.2) is 22.4 Å². The van der Waals surface area contributed by atoms with Crippen molar-refractivity contribution in [1.29, 1.82) is 0 Å². The first-order chi connectivity index (χ1) is 7.34. The number of esters is 1. The summed E-state index contributed by atoms with van der Waals surface area (Å²) in [6, 6.07) is 0.805. The second kappa shape index (κ2) is 4.86. The fraction of sp³-hybridized carbons (Fsp3) is 0.500. The maximum Gasteiger partial charge on any atom is 0.435 e. The van der Waals surface area contributed by atoms with Crippen molar-refractivity contribution in [2.75, 3.05) is 6.61 Å². The summed E-state index contributed by atoms with van der Waals surface area (Å²) in [6.45, 7) is 1.42. The van der Waals surface area contributed by atoms with E-state index in [0.29, 0.717) is 0 Å². The molecule has 0 fully saturated rings. The molecule has 8 heteroatoms. The maximum absolute atomic E-state index is 12.3. The van der Waals surface area contributed by atoms with E-state index in [2.05, 4.69) is 25.8 Å². The number of rotatable bonds is 3. The highest BCUT2D eigenvalue weighted by atomic mass is 79.9. The van der Waals surface area contributed by atoms with Gasteiger partial charge in [0.1, 0.15) is 11.1 Å². The van der Waals surface area contributed by atoms with Gasteiger partial charge in [0.05, 0.1) is 6.61 Å². The summed E-state index contributed by atoms with van der Waals surface area (Å²) in [6.07, 6.45) is -4.53. The summed E-state index contributed by atoms with van der Waals surface area (Å²) in [5.41, 5.74) is -1.05. The number of nitrogens with zero attached hydrogens (tertiary/aromatic N) is 2. The van der Waals surface area contributed by atoms with E-state index in [1.807, 2.05) is 0 Å². The van der Waals surface area contributed by atoms with Crippen molar-refractivity contribution in [2.24, 2.45) is 0 Å². The van der Waals surface area contributed by atoms with E-state index in [0.717, 1.165) is 10.7 Å². The lowest BCUT2D eigenvalue weighted by Gasteiger charge is -2.03. The molecule has 0 aliphatic rings. The molecule has 1 heterocycles. The van der Waals surface area contributed by atoms with Crippen LogP contribution in [0, 0.1) is 0 Å². The molecule has 0 radical (unpaired) electrons. The van der Waals surface area contributed by atoms with Crippen LogP contribution in [0.25, 0.3) is 0 Å². The van der Waals surface area contributed by atoms with Gasteiger partial charge in [-0.3, -0.25) is 4.79 Å². The molecule has 1 aromatic heterocycles. The standard InChI is InChI=1S/C8H8BrF3N2O2/c1-2-16-7(15)4-14-6(9)3-5(13-14)8(10,11)12/h3H,2,4H2,1H3. The van der Waals surface area contributed by atoms with Crippen LogP contribution < -0.4 is 0 Å². The molecule has 0 unspecified atom stereocenters. The fourth-order valence-corrected chi connectivity index (χ4v) is 1.39. The molecular formula is C8H8BrF3N2O2. The van der Waals surface area contributed by atoms with Crippen LogP contribution in [0.4, 0.5) is 13.2 Å². The van der Waals surface area contributed by atoms with Gasteiger partial charge < -0.3 is 4.74 Å². The Kier molecular flexibility index (Phi) is 3.95. The summed E-state index contributed by atoms with van der Waals surface area (Å²) in [4.78, 5) is 11.0. The normalized spacial score (nSPS) is 11.6. The predicted molar refractivity (Wildman–Crippen MR) is 51.6 cm³/mol. The third-order valence-electron chi connectivity index (χ3n) is 1.61. The van der Waals surface area contributed by atoms with Crippen LogP contribution in [0.5, 0.6) is 0 Å². The highest BCUT2D eigenvalue weighted by Crippen LogP contribution is 2.29. The second-order valence-electron chi connectivity index (χ2n) is 2.81. The van der Waals surface area contributed by atoms with Crippen LogP contribution in [0.3, 0.4) is 0 Å². The van der Waals surface area contributed by atoms with E-state index in [1.165, 1.54) is 0 Å². The largest absolute Gasteiger partial charge is 0.465 e. The van der Waals surface area contributed by atoms with E-state index in [1.54, 1.807) is 6.92 Å². The number of ether oxygens (including phenoxy) is 1. The average Bonchev–Trinajstić information content (AvgIpc) is 2.47. The Labute approximate surface area is 97.5 Å². The number of hydrogen-bond donors (Lipinski definition) is 0. The van der Waals surface area contributed by atoms with E-state index < -0.39 is 17.8 Å². The number of alkyl halides is 3. The topological polar surface area (TPSA) is 44.1 Å². The van der Waals surface area contributed by atoms with Gasteiger partial charge in [0.2, 0.25) is 0 Å². The average molecular weight is 301 g/mol. The molecule has 0 N–H and O–H groups in total. The molecule has 16 heavy (non-hydrogen) atoms. The quantitative estimate of drug-likeness (QED) is 0.804. The lowest BCUT2D eigenvalue weighted by molar-refractivity contribution is -0.146. The molecule has 0 saturated carbocycles. The Morgan fingerprint density at radius 1 is 1.62 bits per heavy atom. The molecule has 0 bridgehead atoms. The zero-order valence-electron chi connectivity index (χ0n) is 8.21. The van der Waals surface area contributed by atoms with Crippen LogP contribution >= 0.6 is 15.9 Å². The van der Waals surface area contributed by atoms with Gasteiger partial charge in [-0.1, -0.05) is 0 Å². The summed E-state index contributed by atoms with van der Waals surface area (Å²) < 4.78 is 42.3. The summed E-state index contributed by atoms with van der Waals surface area (Å²) in [5, 5.41) is 3.25. The maximum atomic E-state index is 12.3. The molecule has 0 aliphatic carbocycles. The Morgan fingerprint density at radius 3 is 2.69 bits per heavy atom. The van der Waals surface area contributed by atoms with Crippen LogP contribution in [0.1, 0.15) is 12.6 Å². The van der Waals surface area contributed by atoms with Crippen LogP contribution in [0.2, 0.25) is 0 Å². The number of carbonyl (C=O) groups is 1. The molecular weight excluding hydrogens is 293 g/mol. The van der Waals surface area contributed by atoms with E-state index in [9.17, 15) is 18.0 Å². The Bertz CT molecular complexity index is 389. The monoisotopic (exact) mass is 300 g/mol.